The normalized spacial score (nSPS) is 24.0. The molecule has 11 nitrogen and oxygen atoms in total. The lowest BCUT2D eigenvalue weighted by molar-refractivity contribution is -0.139. The lowest BCUT2D eigenvalue weighted by Crippen LogP contribution is -2.43. The topological polar surface area (TPSA) is 115 Å². The van der Waals surface area contributed by atoms with Crippen molar-refractivity contribution in [1.82, 2.24) is 29.5 Å². The van der Waals surface area contributed by atoms with Gasteiger partial charge in [-0.25, -0.2) is 4.39 Å². The molecule has 0 radical (unpaired) electrons. The monoisotopic (exact) mass is 706 g/mol. The van der Waals surface area contributed by atoms with Gasteiger partial charge in [0.05, 0.1) is 46.8 Å². The third-order valence-corrected chi connectivity index (χ3v) is 10.5. The van der Waals surface area contributed by atoms with Gasteiger partial charge >= 0.3 is 12.2 Å². The van der Waals surface area contributed by atoms with Gasteiger partial charge in [0.1, 0.15) is 18.6 Å². The molecule has 0 bridgehead atoms. The van der Waals surface area contributed by atoms with E-state index in [4.69, 9.17) is 36.8 Å². The fourth-order valence-corrected chi connectivity index (χ4v) is 8.19. The SMILES string of the molecule is Cc1c(C(=O)N(C)C)nn2c1CN(c1nc(OC[C@@]34CCCN3C[C@H](F)C4)nc3c1CO[C@H](c1cc(N)cc(Cl)c1C(F)(F)F)C3)CCC2. The Morgan fingerprint density at radius 2 is 2.00 bits per heavy atom. The van der Waals surface area contributed by atoms with Gasteiger partial charge in [0.2, 0.25) is 0 Å². The Morgan fingerprint density at radius 3 is 2.76 bits per heavy atom. The number of aromatic nitrogens is 4. The summed E-state index contributed by atoms with van der Waals surface area (Å²) in [5, 5.41) is 4.12. The summed E-state index contributed by atoms with van der Waals surface area (Å²) in [7, 11) is 3.36. The van der Waals surface area contributed by atoms with Crippen LogP contribution in [0.15, 0.2) is 12.1 Å². The van der Waals surface area contributed by atoms with E-state index in [0.717, 1.165) is 36.7 Å². The van der Waals surface area contributed by atoms with Crippen molar-refractivity contribution < 1.29 is 31.8 Å². The predicted octanol–water partition coefficient (Wildman–Crippen LogP) is 5.12. The molecule has 49 heavy (non-hydrogen) atoms. The van der Waals surface area contributed by atoms with Crippen molar-refractivity contribution in [1.29, 1.82) is 0 Å². The van der Waals surface area contributed by atoms with Crippen LogP contribution in [0.5, 0.6) is 6.01 Å². The van der Waals surface area contributed by atoms with E-state index in [1.807, 2.05) is 11.6 Å². The summed E-state index contributed by atoms with van der Waals surface area (Å²) in [5.74, 6) is 0.340. The van der Waals surface area contributed by atoms with Crippen molar-refractivity contribution in [2.24, 2.45) is 0 Å². The van der Waals surface area contributed by atoms with Gasteiger partial charge in [-0.3, -0.25) is 14.4 Å². The second-order valence-corrected chi connectivity index (χ2v) is 14.1. The summed E-state index contributed by atoms with van der Waals surface area (Å²) >= 11 is 6.09. The van der Waals surface area contributed by atoms with Gasteiger partial charge in [0, 0.05) is 63.4 Å². The molecule has 0 aliphatic carbocycles. The number of carbonyl (C=O) groups excluding carboxylic acids is 1. The molecule has 16 heteroatoms. The van der Waals surface area contributed by atoms with Crippen molar-refractivity contribution in [3.63, 3.8) is 0 Å². The summed E-state index contributed by atoms with van der Waals surface area (Å²) in [6.45, 7) is 4.69. The fourth-order valence-electron chi connectivity index (χ4n) is 7.84. The van der Waals surface area contributed by atoms with E-state index < -0.39 is 34.6 Å². The molecular formula is C33H39ClF4N8O3. The molecule has 1 amide bonds. The lowest BCUT2D eigenvalue weighted by Gasteiger charge is -2.33. The van der Waals surface area contributed by atoms with Gasteiger partial charge in [-0.2, -0.15) is 28.2 Å². The summed E-state index contributed by atoms with van der Waals surface area (Å²) in [6.07, 6.45) is -3.95. The van der Waals surface area contributed by atoms with Crippen LogP contribution in [-0.2, 0) is 37.0 Å². The number of fused-ring (bicyclic) bond motifs is 3. The van der Waals surface area contributed by atoms with Crippen molar-refractivity contribution in [2.75, 3.05) is 51.0 Å². The van der Waals surface area contributed by atoms with Crippen LogP contribution in [0.4, 0.5) is 29.1 Å². The number of nitrogens with two attached hydrogens (primary N) is 1. The molecule has 6 heterocycles. The third kappa shape index (κ3) is 6.18. The molecule has 3 aromatic rings. The molecule has 2 saturated heterocycles. The maximum absolute atomic E-state index is 14.5. The summed E-state index contributed by atoms with van der Waals surface area (Å²) in [5.41, 5.74) is 7.54. The van der Waals surface area contributed by atoms with Crippen molar-refractivity contribution >= 4 is 29.0 Å². The summed E-state index contributed by atoms with van der Waals surface area (Å²) < 4.78 is 71.5. The quantitative estimate of drug-likeness (QED) is 0.276. The molecule has 264 valence electrons. The molecule has 4 aliphatic heterocycles. The highest BCUT2D eigenvalue weighted by molar-refractivity contribution is 6.31. The number of rotatable bonds is 6. The number of hydrogen-bond acceptors (Lipinski definition) is 9. The van der Waals surface area contributed by atoms with E-state index in [1.54, 1.807) is 14.1 Å². The van der Waals surface area contributed by atoms with Crippen LogP contribution < -0.4 is 15.4 Å². The minimum Gasteiger partial charge on any atom is -0.461 e. The van der Waals surface area contributed by atoms with Crippen LogP contribution in [0.25, 0.3) is 0 Å². The molecular weight excluding hydrogens is 668 g/mol. The largest absolute Gasteiger partial charge is 0.461 e. The van der Waals surface area contributed by atoms with E-state index in [2.05, 4.69) is 14.9 Å². The molecule has 3 atom stereocenters. The minimum absolute atomic E-state index is 0.0137. The molecule has 0 spiro atoms. The number of benzene rings is 1. The molecule has 4 aliphatic rings. The smallest absolute Gasteiger partial charge is 0.418 e. The van der Waals surface area contributed by atoms with E-state index in [-0.39, 0.29) is 42.8 Å². The first-order valence-corrected chi connectivity index (χ1v) is 16.8. The Balaban J connectivity index is 1.27. The van der Waals surface area contributed by atoms with Crippen LogP contribution in [0.1, 0.15) is 75.9 Å². The molecule has 0 saturated carbocycles. The number of nitrogens with zero attached hydrogens (tertiary/aromatic N) is 7. The second kappa shape index (κ2) is 12.6. The Kier molecular flexibility index (Phi) is 8.67. The van der Waals surface area contributed by atoms with Crippen molar-refractivity contribution in [3.05, 3.63) is 56.5 Å². The average molecular weight is 707 g/mol. The van der Waals surface area contributed by atoms with Crippen LogP contribution in [0.2, 0.25) is 5.02 Å². The van der Waals surface area contributed by atoms with E-state index >= 15 is 0 Å². The maximum Gasteiger partial charge on any atom is 0.418 e. The molecule has 7 rings (SSSR count). The van der Waals surface area contributed by atoms with Crippen molar-refractivity contribution in [2.45, 2.75) is 82.7 Å². The number of carbonyl (C=O) groups is 1. The Labute approximate surface area is 286 Å². The van der Waals surface area contributed by atoms with E-state index in [0.29, 0.717) is 61.8 Å². The number of anilines is 2. The first kappa shape index (κ1) is 33.8. The zero-order valence-electron chi connectivity index (χ0n) is 27.6. The molecule has 2 fully saturated rings. The Hall–Kier alpha value is -3.69. The van der Waals surface area contributed by atoms with E-state index in [1.165, 1.54) is 11.0 Å². The molecule has 1 aromatic carbocycles. The number of hydrogen-bond donors (Lipinski definition) is 1. The van der Waals surface area contributed by atoms with Crippen LogP contribution in [-0.4, -0.2) is 87.5 Å². The number of aryl methyl sites for hydroxylation is 1. The number of halogens is 5. The first-order chi connectivity index (χ1) is 23.2. The highest BCUT2D eigenvalue weighted by Crippen LogP contribution is 2.45. The molecule has 2 aromatic heterocycles. The zero-order chi connectivity index (χ0) is 34.8. The highest BCUT2D eigenvalue weighted by Gasteiger charge is 2.49. The van der Waals surface area contributed by atoms with Gasteiger partial charge in [-0.05, 0) is 50.4 Å². The van der Waals surface area contributed by atoms with Gasteiger partial charge in [-0.15, -0.1) is 0 Å². The van der Waals surface area contributed by atoms with Gasteiger partial charge in [0.15, 0.2) is 5.69 Å². The number of ether oxygens (including phenoxy) is 2. The standard InChI is InChI=1S/C33H39ClF4N8O3/c1-18-25-15-44(7-5-9-46(25)42-28(18)30(47)43(2)3)29-22-16-48-26(21-10-20(39)11-23(34)27(21)33(36,37)38)12-24(22)40-31(41-29)49-17-32-6-4-8-45(32)14-19(35)13-32/h10-11,19,26H,4-9,12-17,39H2,1-3H3/t19-,26+,32+/m1/s1. The number of alkyl halides is 4. The van der Waals surface area contributed by atoms with Gasteiger partial charge in [-0.1, -0.05) is 11.6 Å². The Bertz CT molecular complexity index is 1790. The van der Waals surface area contributed by atoms with Crippen LogP contribution in [0, 0.1) is 6.92 Å². The minimum atomic E-state index is -4.74. The maximum atomic E-state index is 14.5. The number of nitrogen functional groups attached to an aromatic ring is 1. The van der Waals surface area contributed by atoms with Crippen LogP contribution in [0.3, 0.4) is 0 Å². The number of amides is 1. The third-order valence-electron chi connectivity index (χ3n) is 10.2. The Morgan fingerprint density at radius 1 is 1.20 bits per heavy atom. The van der Waals surface area contributed by atoms with Crippen molar-refractivity contribution in [3.8, 4) is 6.01 Å². The first-order valence-electron chi connectivity index (χ1n) is 16.5. The summed E-state index contributed by atoms with van der Waals surface area (Å²) in [4.78, 5) is 28.2. The lowest BCUT2D eigenvalue weighted by atomic mass is 9.94. The second-order valence-electron chi connectivity index (χ2n) is 13.7. The zero-order valence-corrected chi connectivity index (χ0v) is 28.4. The molecule has 0 unspecified atom stereocenters. The average Bonchev–Trinajstić information content (AvgIpc) is 3.60. The van der Waals surface area contributed by atoms with Gasteiger partial charge in [0.25, 0.3) is 5.91 Å². The van der Waals surface area contributed by atoms with E-state index in [9.17, 15) is 22.4 Å². The highest BCUT2D eigenvalue weighted by atomic mass is 35.5. The molecule has 2 N–H and O–H groups in total. The van der Waals surface area contributed by atoms with Gasteiger partial charge < -0.3 is 25.0 Å². The summed E-state index contributed by atoms with van der Waals surface area (Å²) in [6, 6.07) is 2.39. The predicted molar refractivity (Wildman–Crippen MR) is 173 cm³/mol. The van der Waals surface area contributed by atoms with Crippen LogP contribution >= 0.6 is 11.6 Å². The fraction of sp³-hybridized carbons (Fsp3) is 0.576.